The summed E-state index contributed by atoms with van der Waals surface area (Å²) in [5.41, 5.74) is 3.06. The summed E-state index contributed by atoms with van der Waals surface area (Å²) in [6, 6.07) is 5.89. The Bertz CT molecular complexity index is 444. The van der Waals surface area contributed by atoms with E-state index >= 15 is 0 Å². The molecule has 1 fully saturated rings. The third-order valence-corrected chi connectivity index (χ3v) is 4.71. The van der Waals surface area contributed by atoms with Gasteiger partial charge in [0.25, 0.3) is 5.91 Å². The predicted molar refractivity (Wildman–Crippen MR) is 78.3 cm³/mol. The van der Waals surface area contributed by atoms with E-state index < -0.39 is 0 Å². The molecule has 2 rings (SSSR count). The van der Waals surface area contributed by atoms with Crippen molar-refractivity contribution in [1.29, 1.82) is 0 Å². The van der Waals surface area contributed by atoms with Gasteiger partial charge >= 0.3 is 0 Å². The highest BCUT2D eigenvalue weighted by Crippen LogP contribution is 2.30. The number of hydrogen-bond acceptors (Lipinski definition) is 1. The average molecular weight is 310 g/mol. The summed E-state index contributed by atoms with van der Waals surface area (Å²) in [5, 5.41) is 3.07. The van der Waals surface area contributed by atoms with Crippen LogP contribution in [0.25, 0.3) is 0 Å². The fourth-order valence-corrected chi connectivity index (χ4v) is 3.32. The number of nitrogens with one attached hydrogen (secondary N) is 1. The molecule has 1 aliphatic rings. The second-order valence-electron chi connectivity index (χ2n) is 5.23. The molecule has 1 aromatic carbocycles. The van der Waals surface area contributed by atoms with E-state index in [2.05, 4.69) is 21.2 Å². The lowest BCUT2D eigenvalue weighted by atomic mass is 10.0. The minimum absolute atomic E-state index is 0.0641. The van der Waals surface area contributed by atoms with Gasteiger partial charge in [-0.1, -0.05) is 28.1 Å². The summed E-state index contributed by atoms with van der Waals surface area (Å²) in [6.07, 6.45) is 3.61. The number of amides is 1. The lowest BCUT2D eigenvalue weighted by Gasteiger charge is -2.13. The number of halogens is 1. The van der Waals surface area contributed by atoms with Crippen LogP contribution in [0, 0.1) is 19.8 Å². The number of hydrogen-bond donors (Lipinski definition) is 1. The van der Waals surface area contributed by atoms with E-state index in [4.69, 9.17) is 0 Å². The standard InChI is InChI=1S/C15H20BrNO/c1-10-4-3-5-14(11(10)2)15(18)17-9-12-6-7-13(16)8-12/h3-5,12-13H,6-9H2,1-2H3,(H,17,18). The largest absolute Gasteiger partial charge is 0.352 e. The molecule has 0 aliphatic heterocycles. The summed E-state index contributed by atoms with van der Waals surface area (Å²) >= 11 is 3.64. The molecule has 0 aromatic heterocycles. The van der Waals surface area contributed by atoms with Crippen LogP contribution < -0.4 is 5.32 Å². The Morgan fingerprint density at radius 1 is 1.39 bits per heavy atom. The number of carbonyl (C=O) groups is 1. The molecule has 2 nitrogen and oxygen atoms in total. The van der Waals surface area contributed by atoms with Crippen LogP contribution in [0.5, 0.6) is 0 Å². The van der Waals surface area contributed by atoms with Crippen molar-refractivity contribution in [2.45, 2.75) is 37.9 Å². The van der Waals surface area contributed by atoms with Gasteiger partial charge in [-0.25, -0.2) is 0 Å². The number of benzene rings is 1. The lowest BCUT2D eigenvalue weighted by Crippen LogP contribution is -2.29. The highest BCUT2D eigenvalue weighted by atomic mass is 79.9. The number of rotatable bonds is 3. The van der Waals surface area contributed by atoms with Gasteiger partial charge in [-0.2, -0.15) is 0 Å². The molecule has 0 radical (unpaired) electrons. The van der Waals surface area contributed by atoms with Gasteiger partial charge in [-0.05, 0) is 56.2 Å². The Labute approximate surface area is 117 Å². The quantitative estimate of drug-likeness (QED) is 0.849. The van der Waals surface area contributed by atoms with E-state index in [-0.39, 0.29) is 5.91 Å². The minimum Gasteiger partial charge on any atom is -0.352 e. The molecule has 0 saturated heterocycles. The molecule has 1 amide bonds. The van der Waals surface area contributed by atoms with Gasteiger partial charge in [0.15, 0.2) is 0 Å². The zero-order chi connectivity index (χ0) is 13.1. The normalized spacial score (nSPS) is 23.1. The predicted octanol–water partition coefficient (Wildman–Crippen LogP) is 3.60. The van der Waals surface area contributed by atoms with Gasteiger partial charge in [0.05, 0.1) is 0 Å². The van der Waals surface area contributed by atoms with Gasteiger partial charge in [0.1, 0.15) is 0 Å². The highest BCUT2D eigenvalue weighted by Gasteiger charge is 2.23. The Morgan fingerprint density at radius 3 is 2.83 bits per heavy atom. The number of carbonyl (C=O) groups excluding carboxylic acids is 1. The van der Waals surface area contributed by atoms with E-state index in [1.165, 1.54) is 24.8 Å². The Kier molecular flexibility index (Phi) is 4.44. The molecular formula is C15H20BrNO. The first-order valence-electron chi connectivity index (χ1n) is 6.56. The van der Waals surface area contributed by atoms with Crippen LogP contribution >= 0.6 is 15.9 Å². The Morgan fingerprint density at radius 2 is 2.17 bits per heavy atom. The highest BCUT2D eigenvalue weighted by molar-refractivity contribution is 9.09. The van der Waals surface area contributed by atoms with Crippen LogP contribution in [-0.4, -0.2) is 17.3 Å². The number of aryl methyl sites for hydroxylation is 1. The summed E-state index contributed by atoms with van der Waals surface area (Å²) in [7, 11) is 0. The van der Waals surface area contributed by atoms with Gasteiger partial charge in [0.2, 0.25) is 0 Å². The van der Waals surface area contributed by atoms with E-state index in [1.54, 1.807) is 0 Å². The van der Waals surface area contributed by atoms with E-state index in [1.807, 2.05) is 32.0 Å². The molecule has 0 bridgehead atoms. The topological polar surface area (TPSA) is 29.1 Å². The van der Waals surface area contributed by atoms with Crippen molar-refractivity contribution in [3.63, 3.8) is 0 Å². The molecule has 1 saturated carbocycles. The van der Waals surface area contributed by atoms with Gasteiger partial charge < -0.3 is 5.32 Å². The number of alkyl halides is 1. The fourth-order valence-electron chi connectivity index (χ4n) is 2.53. The molecule has 18 heavy (non-hydrogen) atoms. The summed E-state index contributed by atoms with van der Waals surface area (Å²) in [4.78, 5) is 12.8. The van der Waals surface area contributed by atoms with E-state index in [9.17, 15) is 4.79 Å². The monoisotopic (exact) mass is 309 g/mol. The third kappa shape index (κ3) is 3.14. The molecule has 0 heterocycles. The van der Waals surface area contributed by atoms with Crippen LogP contribution in [0.3, 0.4) is 0 Å². The van der Waals surface area contributed by atoms with Gasteiger partial charge in [-0.15, -0.1) is 0 Å². The fraction of sp³-hybridized carbons (Fsp3) is 0.533. The Hall–Kier alpha value is -0.830. The molecule has 3 heteroatoms. The van der Waals surface area contributed by atoms with Crippen LogP contribution in [-0.2, 0) is 0 Å². The average Bonchev–Trinajstić information content (AvgIpc) is 2.76. The van der Waals surface area contributed by atoms with Crippen molar-refractivity contribution in [2.24, 2.45) is 5.92 Å². The molecular weight excluding hydrogens is 290 g/mol. The molecule has 0 spiro atoms. The summed E-state index contributed by atoms with van der Waals surface area (Å²) < 4.78 is 0. The van der Waals surface area contributed by atoms with Crippen molar-refractivity contribution in [3.8, 4) is 0 Å². The van der Waals surface area contributed by atoms with Crippen molar-refractivity contribution < 1.29 is 4.79 Å². The molecule has 1 N–H and O–H groups in total. The SMILES string of the molecule is Cc1cccc(C(=O)NCC2CCC(Br)C2)c1C. The second kappa shape index (κ2) is 5.87. The van der Waals surface area contributed by atoms with Crippen molar-refractivity contribution in [3.05, 3.63) is 34.9 Å². The molecule has 2 unspecified atom stereocenters. The van der Waals surface area contributed by atoms with Crippen LogP contribution in [0.15, 0.2) is 18.2 Å². The molecule has 1 aromatic rings. The first-order valence-corrected chi connectivity index (χ1v) is 7.48. The van der Waals surface area contributed by atoms with Crippen molar-refractivity contribution >= 4 is 21.8 Å². The van der Waals surface area contributed by atoms with Crippen LogP contribution in [0.1, 0.15) is 40.7 Å². The van der Waals surface area contributed by atoms with Crippen molar-refractivity contribution in [1.82, 2.24) is 5.32 Å². The Balaban J connectivity index is 1.94. The minimum atomic E-state index is 0.0641. The molecule has 2 atom stereocenters. The summed E-state index contributed by atoms with van der Waals surface area (Å²) in [5.74, 6) is 0.692. The van der Waals surface area contributed by atoms with Gasteiger partial charge in [0, 0.05) is 16.9 Å². The maximum atomic E-state index is 12.1. The lowest BCUT2D eigenvalue weighted by molar-refractivity contribution is 0.0946. The van der Waals surface area contributed by atoms with Crippen LogP contribution in [0.2, 0.25) is 0 Å². The van der Waals surface area contributed by atoms with E-state index in [0.29, 0.717) is 10.7 Å². The smallest absolute Gasteiger partial charge is 0.251 e. The van der Waals surface area contributed by atoms with Crippen LogP contribution in [0.4, 0.5) is 0 Å². The second-order valence-corrected chi connectivity index (χ2v) is 6.53. The van der Waals surface area contributed by atoms with E-state index in [0.717, 1.165) is 17.7 Å². The zero-order valence-corrected chi connectivity index (χ0v) is 12.6. The summed E-state index contributed by atoms with van der Waals surface area (Å²) in [6.45, 7) is 4.85. The maximum Gasteiger partial charge on any atom is 0.251 e. The van der Waals surface area contributed by atoms with Crippen molar-refractivity contribution in [2.75, 3.05) is 6.54 Å². The first-order chi connectivity index (χ1) is 8.58. The van der Waals surface area contributed by atoms with Gasteiger partial charge in [-0.3, -0.25) is 4.79 Å². The third-order valence-electron chi connectivity index (χ3n) is 3.88. The first kappa shape index (κ1) is 13.6. The molecule has 98 valence electrons. The molecule has 1 aliphatic carbocycles. The zero-order valence-electron chi connectivity index (χ0n) is 11.0. The maximum absolute atomic E-state index is 12.1.